The summed E-state index contributed by atoms with van der Waals surface area (Å²) in [5, 5.41) is 5.95. The van der Waals surface area contributed by atoms with Crippen LogP contribution in [-0.2, 0) is 13.1 Å². The summed E-state index contributed by atoms with van der Waals surface area (Å²) in [6.45, 7) is 1.03. The largest absolute Gasteiger partial charge is 0.322 e. The first kappa shape index (κ1) is 19.0. The van der Waals surface area contributed by atoms with E-state index >= 15 is 0 Å². The van der Waals surface area contributed by atoms with Gasteiger partial charge in [-0.05, 0) is 46.2 Å². The first-order valence-electron chi connectivity index (χ1n) is 9.51. The molecule has 4 aromatic carbocycles. The molecule has 0 atom stereocenters. The standard InChI is InChI=1S/C25H21ClN2O/c26-22-13-15-23(16-14-22)27-25(29)28(17-19-7-2-1-3-8-19)18-21-11-6-10-20-9-4-5-12-24(20)21/h1-16H,17-18H2,(H,27,29). The van der Waals surface area contributed by atoms with Crippen LogP contribution in [0, 0.1) is 0 Å². The molecule has 4 heteroatoms. The maximum Gasteiger partial charge on any atom is 0.322 e. The zero-order valence-electron chi connectivity index (χ0n) is 15.9. The van der Waals surface area contributed by atoms with E-state index < -0.39 is 0 Å². The Morgan fingerprint density at radius 2 is 1.45 bits per heavy atom. The zero-order valence-corrected chi connectivity index (χ0v) is 16.6. The molecule has 1 N–H and O–H groups in total. The van der Waals surface area contributed by atoms with E-state index in [4.69, 9.17) is 11.6 Å². The molecule has 0 unspecified atom stereocenters. The van der Waals surface area contributed by atoms with E-state index in [0.717, 1.165) is 22.2 Å². The van der Waals surface area contributed by atoms with Gasteiger partial charge >= 0.3 is 6.03 Å². The topological polar surface area (TPSA) is 32.3 Å². The Balaban J connectivity index is 1.62. The third-order valence-corrected chi connectivity index (χ3v) is 5.09. The number of hydrogen-bond acceptors (Lipinski definition) is 1. The van der Waals surface area contributed by atoms with Crippen molar-refractivity contribution in [2.24, 2.45) is 0 Å². The molecule has 0 fully saturated rings. The van der Waals surface area contributed by atoms with Gasteiger partial charge in [0, 0.05) is 23.8 Å². The van der Waals surface area contributed by atoms with Crippen LogP contribution in [0.1, 0.15) is 11.1 Å². The van der Waals surface area contributed by atoms with E-state index in [9.17, 15) is 4.79 Å². The first-order valence-corrected chi connectivity index (χ1v) is 9.89. The van der Waals surface area contributed by atoms with E-state index in [1.807, 2.05) is 53.4 Å². The molecule has 0 aliphatic rings. The molecule has 2 amide bonds. The first-order chi connectivity index (χ1) is 14.2. The number of anilines is 1. The predicted molar refractivity (Wildman–Crippen MR) is 120 cm³/mol. The quantitative estimate of drug-likeness (QED) is 0.396. The highest BCUT2D eigenvalue weighted by atomic mass is 35.5. The van der Waals surface area contributed by atoms with Crippen molar-refractivity contribution in [3.05, 3.63) is 113 Å². The van der Waals surface area contributed by atoms with Crippen molar-refractivity contribution in [3.8, 4) is 0 Å². The second-order valence-corrected chi connectivity index (χ2v) is 7.35. The molecular formula is C25H21ClN2O. The van der Waals surface area contributed by atoms with E-state index in [2.05, 4.69) is 29.6 Å². The lowest BCUT2D eigenvalue weighted by molar-refractivity contribution is 0.206. The van der Waals surface area contributed by atoms with E-state index in [1.165, 1.54) is 5.39 Å². The number of rotatable bonds is 5. The molecule has 0 heterocycles. The molecule has 0 saturated carbocycles. The van der Waals surface area contributed by atoms with Crippen LogP contribution in [0.3, 0.4) is 0 Å². The summed E-state index contributed by atoms with van der Waals surface area (Å²) in [7, 11) is 0. The molecule has 4 rings (SSSR count). The van der Waals surface area contributed by atoms with Gasteiger partial charge in [-0.2, -0.15) is 0 Å². The lowest BCUT2D eigenvalue weighted by atomic mass is 10.0. The number of hydrogen-bond donors (Lipinski definition) is 1. The summed E-state index contributed by atoms with van der Waals surface area (Å²) in [5.74, 6) is 0. The average Bonchev–Trinajstić information content (AvgIpc) is 2.76. The van der Waals surface area contributed by atoms with Gasteiger partial charge in [-0.15, -0.1) is 0 Å². The number of fused-ring (bicyclic) bond motifs is 1. The van der Waals surface area contributed by atoms with Gasteiger partial charge in [0.15, 0.2) is 0 Å². The predicted octanol–water partition coefficient (Wildman–Crippen LogP) is 6.73. The molecule has 0 bridgehead atoms. The van der Waals surface area contributed by atoms with Crippen LogP contribution < -0.4 is 5.32 Å². The number of carbonyl (C=O) groups excluding carboxylic acids is 1. The highest BCUT2D eigenvalue weighted by Gasteiger charge is 2.16. The van der Waals surface area contributed by atoms with Gasteiger partial charge < -0.3 is 10.2 Å². The number of nitrogens with one attached hydrogen (secondary N) is 1. The molecule has 144 valence electrons. The Labute approximate surface area is 175 Å². The minimum atomic E-state index is -0.149. The van der Waals surface area contributed by atoms with Gasteiger partial charge in [-0.3, -0.25) is 0 Å². The Bertz CT molecular complexity index is 1110. The average molecular weight is 401 g/mol. The van der Waals surface area contributed by atoms with E-state index in [0.29, 0.717) is 18.1 Å². The maximum atomic E-state index is 13.1. The lowest BCUT2D eigenvalue weighted by Gasteiger charge is -2.24. The Hall–Kier alpha value is -3.30. The normalized spacial score (nSPS) is 10.7. The summed E-state index contributed by atoms with van der Waals surface area (Å²) in [4.78, 5) is 14.9. The Kier molecular flexibility index (Phi) is 5.78. The van der Waals surface area contributed by atoms with Crippen LogP contribution in [-0.4, -0.2) is 10.9 Å². The smallest absolute Gasteiger partial charge is 0.316 e. The maximum absolute atomic E-state index is 13.1. The summed E-state index contributed by atoms with van der Waals surface area (Å²) in [6.07, 6.45) is 0. The van der Waals surface area contributed by atoms with Crippen LogP contribution in [0.5, 0.6) is 0 Å². The van der Waals surface area contributed by atoms with Gasteiger partial charge in [0.1, 0.15) is 0 Å². The third kappa shape index (κ3) is 4.76. The summed E-state index contributed by atoms with van der Waals surface area (Å²) >= 11 is 5.96. The van der Waals surface area contributed by atoms with Crippen molar-refractivity contribution in [1.82, 2.24) is 4.90 Å². The number of nitrogens with zero attached hydrogens (tertiary/aromatic N) is 1. The van der Waals surface area contributed by atoms with Crippen LogP contribution >= 0.6 is 11.6 Å². The van der Waals surface area contributed by atoms with Gasteiger partial charge in [-0.1, -0.05) is 84.4 Å². The minimum Gasteiger partial charge on any atom is -0.316 e. The second kappa shape index (κ2) is 8.80. The van der Waals surface area contributed by atoms with E-state index in [-0.39, 0.29) is 6.03 Å². The minimum absolute atomic E-state index is 0.149. The van der Waals surface area contributed by atoms with Crippen LogP contribution in [0.15, 0.2) is 97.1 Å². The third-order valence-electron chi connectivity index (χ3n) is 4.84. The van der Waals surface area contributed by atoms with Crippen LogP contribution in [0.2, 0.25) is 5.02 Å². The number of urea groups is 1. The van der Waals surface area contributed by atoms with Crippen LogP contribution in [0.4, 0.5) is 10.5 Å². The summed E-state index contributed by atoms with van der Waals surface area (Å²) in [6, 6.07) is 31.5. The van der Waals surface area contributed by atoms with Crippen molar-refractivity contribution in [1.29, 1.82) is 0 Å². The number of halogens is 1. The molecule has 29 heavy (non-hydrogen) atoms. The Morgan fingerprint density at radius 1 is 0.759 bits per heavy atom. The molecule has 4 aromatic rings. The van der Waals surface area contributed by atoms with Gasteiger partial charge in [-0.25, -0.2) is 4.79 Å². The molecule has 0 saturated heterocycles. The SMILES string of the molecule is O=C(Nc1ccc(Cl)cc1)N(Cc1ccccc1)Cc1cccc2ccccc12. The van der Waals surface area contributed by atoms with Crippen molar-refractivity contribution < 1.29 is 4.79 Å². The van der Waals surface area contributed by atoms with Crippen molar-refractivity contribution in [2.45, 2.75) is 13.1 Å². The monoisotopic (exact) mass is 400 g/mol. The fourth-order valence-electron chi connectivity index (χ4n) is 3.38. The van der Waals surface area contributed by atoms with E-state index in [1.54, 1.807) is 24.3 Å². The lowest BCUT2D eigenvalue weighted by Crippen LogP contribution is -2.34. The fraction of sp³-hybridized carbons (Fsp3) is 0.0800. The highest BCUT2D eigenvalue weighted by molar-refractivity contribution is 6.30. The zero-order chi connectivity index (χ0) is 20.1. The molecule has 3 nitrogen and oxygen atoms in total. The van der Waals surface area contributed by atoms with Crippen molar-refractivity contribution in [3.63, 3.8) is 0 Å². The molecular weight excluding hydrogens is 380 g/mol. The molecule has 0 radical (unpaired) electrons. The second-order valence-electron chi connectivity index (χ2n) is 6.92. The Morgan fingerprint density at radius 3 is 2.24 bits per heavy atom. The number of amides is 2. The summed E-state index contributed by atoms with van der Waals surface area (Å²) in [5.41, 5.74) is 2.92. The summed E-state index contributed by atoms with van der Waals surface area (Å²) < 4.78 is 0. The number of benzene rings is 4. The van der Waals surface area contributed by atoms with Crippen LogP contribution in [0.25, 0.3) is 10.8 Å². The fourth-order valence-corrected chi connectivity index (χ4v) is 3.50. The van der Waals surface area contributed by atoms with Crippen molar-refractivity contribution >= 4 is 34.1 Å². The van der Waals surface area contributed by atoms with Gasteiger partial charge in [0.2, 0.25) is 0 Å². The highest BCUT2D eigenvalue weighted by Crippen LogP contribution is 2.22. The number of carbonyl (C=O) groups is 1. The van der Waals surface area contributed by atoms with Gasteiger partial charge in [0.05, 0.1) is 0 Å². The van der Waals surface area contributed by atoms with Crippen molar-refractivity contribution in [2.75, 3.05) is 5.32 Å². The molecule has 0 aromatic heterocycles. The molecule has 0 aliphatic heterocycles. The molecule has 0 spiro atoms. The molecule has 0 aliphatic carbocycles. The van der Waals surface area contributed by atoms with Gasteiger partial charge in [0.25, 0.3) is 0 Å².